The molecule has 0 heterocycles. The Labute approximate surface area is 226 Å². The van der Waals surface area contributed by atoms with Gasteiger partial charge in [0.2, 0.25) is 0 Å². The van der Waals surface area contributed by atoms with Crippen molar-refractivity contribution in [1.29, 1.82) is 0 Å². The van der Waals surface area contributed by atoms with E-state index in [2.05, 4.69) is 0 Å². The van der Waals surface area contributed by atoms with Crippen LogP contribution in [0.1, 0.15) is 68.2 Å². The van der Waals surface area contributed by atoms with Crippen LogP contribution in [0.5, 0.6) is 0 Å². The van der Waals surface area contributed by atoms with Crippen molar-refractivity contribution >= 4 is 11.9 Å². The van der Waals surface area contributed by atoms with Crippen LogP contribution >= 0.6 is 0 Å². The van der Waals surface area contributed by atoms with E-state index in [0.29, 0.717) is 0 Å². The van der Waals surface area contributed by atoms with Crippen LogP contribution in [0.25, 0.3) is 0 Å². The normalized spacial score (nSPS) is 14.7. The molecule has 0 aliphatic rings. The first-order chi connectivity index (χ1) is 18.2. The third-order valence-electron chi connectivity index (χ3n) is 4.71. The van der Waals surface area contributed by atoms with Gasteiger partial charge in [-0.15, -0.1) is 0 Å². The average Bonchev–Trinajstić information content (AvgIpc) is 2.87. The topological polar surface area (TPSA) is 152 Å². The van der Waals surface area contributed by atoms with Gasteiger partial charge in [0.25, 0.3) is 12.6 Å². The molecule has 0 aromatic carbocycles. The van der Waals surface area contributed by atoms with E-state index in [1.165, 1.54) is 0 Å². The fourth-order valence-electron chi connectivity index (χ4n) is 3.35. The lowest BCUT2D eigenvalue weighted by atomic mass is 10.2. The van der Waals surface area contributed by atoms with Gasteiger partial charge in [0.1, 0.15) is 6.04 Å². The lowest BCUT2D eigenvalue weighted by Crippen LogP contribution is -2.54. The second-order valence-corrected chi connectivity index (χ2v) is 7.45. The molecule has 0 saturated carbocycles. The first-order valence-corrected chi connectivity index (χ1v) is 13.4. The van der Waals surface area contributed by atoms with E-state index in [-0.39, 0.29) is 65.7 Å². The van der Waals surface area contributed by atoms with Crippen LogP contribution in [-0.4, -0.2) is 95.4 Å². The van der Waals surface area contributed by atoms with Crippen LogP contribution in [-0.2, 0) is 57.0 Å². The largest absolute Gasteiger partial charge is 0.427 e. The van der Waals surface area contributed by atoms with E-state index < -0.39 is 42.5 Å². The number of esters is 2. The van der Waals surface area contributed by atoms with Crippen LogP contribution < -0.4 is 5.73 Å². The van der Waals surface area contributed by atoms with Gasteiger partial charge in [-0.05, 0) is 61.8 Å². The van der Waals surface area contributed by atoms with Gasteiger partial charge in [0.05, 0.1) is 0 Å². The van der Waals surface area contributed by atoms with Crippen molar-refractivity contribution in [2.75, 3.05) is 52.9 Å². The van der Waals surface area contributed by atoms with E-state index in [4.69, 9.17) is 53.1 Å². The van der Waals surface area contributed by atoms with Crippen LogP contribution in [0, 0.1) is 0 Å². The van der Waals surface area contributed by atoms with E-state index in [1.807, 2.05) is 0 Å². The van der Waals surface area contributed by atoms with Gasteiger partial charge < -0.3 is 53.1 Å². The maximum absolute atomic E-state index is 12.8. The predicted molar refractivity (Wildman–Crippen MR) is 135 cm³/mol. The van der Waals surface area contributed by atoms with Gasteiger partial charge in [-0.25, -0.2) is 0 Å². The molecule has 38 heavy (non-hydrogen) atoms. The summed E-state index contributed by atoms with van der Waals surface area (Å²) in [5, 5.41) is 0. The quantitative estimate of drug-likeness (QED) is 0.137. The van der Waals surface area contributed by atoms with Gasteiger partial charge in [-0.3, -0.25) is 9.59 Å². The molecule has 0 spiro atoms. The summed E-state index contributed by atoms with van der Waals surface area (Å²) in [5.74, 6) is -5.05. The molecule has 3 atom stereocenters. The highest BCUT2D eigenvalue weighted by Gasteiger charge is 2.48. The molecule has 2 unspecified atom stereocenters. The smallest absolute Gasteiger partial charge is 0.349 e. The molecule has 13 heteroatoms. The van der Waals surface area contributed by atoms with Crippen LogP contribution in [0.15, 0.2) is 0 Å². The van der Waals surface area contributed by atoms with Gasteiger partial charge in [0, 0.05) is 59.3 Å². The molecule has 13 nitrogen and oxygen atoms in total. The summed E-state index contributed by atoms with van der Waals surface area (Å²) in [5.41, 5.74) is 6.03. The van der Waals surface area contributed by atoms with Crippen molar-refractivity contribution in [1.82, 2.24) is 0 Å². The Kier molecular flexibility index (Phi) is 19.7. The summed E-state index contributed by atoms with van der Waals surface area (Å²) < 4.78 is 56.0. The minimum Gasteiger partial charge on any atom is -0.427 e. The molecule has 226 valence electrons. The van der Waals surface area contributed by atoms with Crippen LogP contribution in [0.3, 0.4) is 0 Å². The fraction of sp³-hybridized carbons (Fsp3) is 0.920. The molecule has 0 aromatic rings. The maximum Gasteiger partial charge on any atom is 0.349 e. The standard InChI is InChI=1S/C25H49NO12/c1-9-29-22(24(31-11-3,32-12-4)33-13-5)37-20(27)18-17-19(26)21(28)38-23(30-10-2)25(34-14-6,35-15-7)36-16-8/h19,22-23H,9-18,26H2,1-8H3/t19-,22?,23?/m0/s1. The number of rotatable bonds is 24. The second-order valence-electron chi connectivity index (χ2n) is 7.45. The molecule has 0 radical (unpaired) electrons. The summed E-state index contributed by atoms with van der Waals surface area (Å²) in [7, 11) is 0. The molecular formula is C25H49NO12. The van der Waals surface area contributed by atoms with Gasteiger partial charge in [-0.1, -0.05) is 0 Å². The summed E-state index contributed by atoms with van der Waals surface area (Å²) in [6.07, 6.45) is -2.99. The van der Waals surface area contributed by atoms with Crippen LogP contribution in [0.4, 0.5) is 0 Å². The Morgan fingerprint density at radius 1 is 0.579 bits per heavy atom. The summed E-state index contributed by atoms with van der Waals surface area (Å²) >= 11 is 0. The van der Waals surface area contributed by atoms with Crippen molar-refractivity contribution in [2.45, 2.75) is 98.8 Å². The Morgan fingerprint density at radius 2 is 0.921 bits per heavy atom. The van der Waals surface area contributed by atoms with E-state index in [9.17, 15) is 9.59 Å². The van der Waals surface area contributed by atoms with E-state index in [1.54, 1.807) is 55.4 Å². The highest BCUT2D eigenvalue weighted by atomic mass is 16.9. The van der Waals surface area contributed by atoms with Crippen molar-refractivity contribution in [3.05, 3.63) is 0 Å². The number of nitrogens with two attached hydrogens (primary N) is 1. The summed E-state index contributed by atoms with van der Waals surface area (Å²) in [6, 6.07) is -1.19. The van der Waals surface area contributed by atoms with Crippen LogP contribution in [0.2, 0.25) is 0 Å². The first-order valence-electron chi connectivity index (χ1n) is 13.4. The molecule has 0 aliphatic carbocycles. The first kappa shape index (κ1) is 36.6. The molecule has 0 rings (SSSR count). The van der Waals surface area contributed by atoms with Gasteiger partial charge in [0.15, 0.2) is 0 Å². The second kappa shape index (κ2) is 20.5. The average molecular weight is 556 g/mol. The molecule has 0 aromatic heterocycles. The van der Waals surface area contributed by atoms with Crippen molar-refractivity contribution in [3.63, 3.8) is 0 Å². The molecule has 0 fully saturated rings. The Bertz CT molecular complexity index is 601. The molecule has 0 amide bonds. The molecule has 0 saturated heterocycles. The Balaban J connectivity index is 5.43. The number of ether oxygens (including phenoxy) is 10. The lowest BCUT2D eigenvalue weighted by molar-refractivity contribution is -0.447. The molecule has 0 aliphatic heterocycles. The van der Waals surface area contributed by atoms with Gasteiger partial charge in [-0.2, -0.15) is 0 Å². The number of hydrogen-bond donors (Lipinski definition) is 1. The number of hydrogen-bond acceptors (Lipinski definition) is 13. The van der Waals surface area contributed by atoms with Crippen molar-refractivity contribution < 1.29 is 57.0 Å². The third kappa shape index (κ3) is 11.8. The van der Waals surface area contributed by atoms with E-state index in [0.717, 1.165) is 0 Å². The summed E-state index contributed by atoms with van der Waals surface area (Å²) in [6.45, 7) is 15.5. The Morgan fingerprint density at radius 3 is 1.24 bits per heavy atom. The van der Waals surface area contributed by atoms with E-state index >= 15 is 0 Å². The zero-order valence-electron chi connectivity index (χ0n) is 24.3. The summed E-state index contributed by atoms with van der Waals surface area (Å²) in [4.78, 5) is 25.5. The molecule has 0 bridgehead atoms. The van der Waals surface area contributed by atoms with Gasteiger partial charge >= 0.3 is 23.9 Å². The predicted octanol–water partition coefficient (Wildman–Crippen LogP) is 2.43. The Hall–Kier alpha value is -1.42. The zero-order chi connectivity index (χ0) is 29.0. The minimum atomic E-state index is -1.77. The monoisotopic (exact) mass is 555 g/mol. The third-order valence-corrected chi connectivity index (χ3v) is 4.71. The highest BCUT2D eigenvalue weighted by molar-refractivity contribution is 5.77. The molecular weight excluding hydrogens is 506 g/mol. The van der Waals surface area contributed by atoms with Crippen molar-refractivity contribution in [3.8, 4) is 0 Å². The van der Waals surface area contributed by atoms with Crippen molar-refractivity contribution in [2.24, 2.45) is 5.73 Å². The zero-order valence-corrected chi connectivity index (χ0v) is 24.3. The number of carbonyl (C=O) groups is 2. The molecule has 2 N–H and O–H groups in total. The SMILES string of the molecule is CCOC(OC(=O)CC[C@H](N)C(=O)OC(OCC)C(OCC)(OCC)OCC)C(OCC)(OCC)OCC. The lowest BCUT2D eigenvalue weighted by Gasteiger charge is -2.37. The fourth-order valence-corrected chi connectivity index (χ4v) is 3.35. The maximum atomic E-state index is 12.8. The minimum absolute atomic E-state index is 0.0921. The highest BCUT2D eigenvalue weighted by Crippen LogP contribution is 2.27. The number of carbonyl (C=O) groups excluding carboxylic acids is 2.